The van der Waals surface area contributed by atoms with E-state index in [4.69, 9.17) is 0 Å². The second kappa shape index (κ2) is 5.61. The molecule has 0 amide bonds. The van der Waals surface area contributed by atoms with Crippen LogP contribution in [0.3, 0.4) is 0 Å². The van der Waals surface area contributed by atoms with Gasteiger partial charge >= 0.3 is 0 Å². The van der Waals surface area contributed by atoms with E-state index in [1.54, 1.807) is 0 Å². The lowest BCUT2D eigenvalue weighted by molar-refractivity contribution is 0.0636. The van der Waals surface area contributed by atoms with E-state index in [-0.39, 0.29) is 5.54 Å². The first-order valence-electron chi connectivity index (χ1n) is 6.59. The maximum absolute atomic E-state index is 3.66. The standard InChI is InChI=1S/C14H23BrN2S/c1-10(2)13-6-16-14(3,4)9-17(13)7-12-5-11(15)8-18-12/h5,8,10,13,16H,6-7,9H2,1-4H3. The van der Waals surface area contributed by atoms with Crippen LogP contribution < -0.4 is 5.32 Å². The van der Waals surface area contributed by atoms with Crippen LogP contribution in [-0.4, -0.2) is 29.6 Å². The summed E-state index contributed by atoms with van der Waals surface area (Å²) < 4.78 is 1.21. The van der Waals surface area contributed by atoms with Gasteiger partial charge in [0, 0.05) is 45.9 Å². The summed E-state index contributed by atoms with van der Waals surface area (Å²) in [6.45, 7) is 12.5. The summed E-state index contributed by atoms with van der Waals surface area (Å²) in [7, 11) is 0. The molecular weight excluding hydrogens is 308 g/mol. The first-order valence-corrected chi connectivity index (χ1v) is 8.27. The number of hydrogen-bond donors (Lipinski definition) is 1. The van der Waals surface area contributed by atoms with Crippen molar-refractivity contribution in [2.45, 2.75) is 45.8 Å². The van der Waals surface area contributed by atoms with Crippen LogP contribution in [0.5, 0.6) is 0 Å². The molecule has 2 nitrogen and oxygen atoms in total. The predicted molar refractivity (Wildman–Crippen MR) is 83.1 cm³/mol. The molecule has 1 aliphatic heterocycles. The molecule has 4 heteroatoms. The Balaban J connectivity index is 2.10. The van der Waals surface area contributed by atoms with Gasteiger partial charge in [-0.1, -0.05) is 13.8 Å². The maximum Gasteiger partial charge on any atom is 0.0332 e. The fraction of sp³-hybridized carbons (Fsp3) is 0.714. The van der Waals surface area contributed by atoms with E-state index in [0.29, 0.717) is 12.0 Å². The summed E-state index contributed by atoms with van der Waals surface area (Å²) in [5.41, 5.74) is 0.222. The third-order valence-corrected chi connectivity index (χ3v) is 5.29. The van der Waals surface area contributed by atoms with Crippen molar-refractivity contribution in [3.63, 3.8) is 0 Å². The van der Waals surface area contributed by atoms with Crippen molar-refractivity contribution in [2.24, 2.45) is 5.92 Å². The third kappa shape index (κ3) is 3.56. The van der Waals surface area contributed by atoms with Gasteiger partial charge in [0.1, 0.15) is 0 Å². The van der Waals surface area contributed by atoms with Crippen LogP contribution >= 0.6 is 27.3 Å². The van der Waals surface area contributed by atoms with Crippen LogP contribution in [-0.2, 0) is 6.54 Å². The van der Waals surface area contributed by atoms with Gasteiger partial charge in [-0.2, -0.15) is 0 Å². The van der Waals surface area contributed by atoms with Gasteiger partial charge in [-0.3, -0.25) is 4.90 Å². The molecule has 0 aromatic carbocycles. The molecule has 1 unspecified atom stereocenters. The lowest BCUT2D eigenvalue weighted by Crippen LogP contribution is -2.62. The molecule has 1 fully saturated rings. The molecule has 0 aliphatic carbocycles. The number of nitrogens with one attached hydrogen (secondary N) is 1. The maximum atomic E-state index is 3.66. The number of rotatable bonds is 3. The second-order valence-corrected chi connectivity index (χ2v) is 8.12. The smallest absolute Gasteiger partial charge is 0.0332 e. The molecule has 1 saturated heterocycles. The molecule has 0 radical (unpaired) electrons. The molecule has 1 aromatic heterocycles. The van der Waals surface area contributed by atoms with E-state index in [0.717, 1.165) is 19.6 Å². The van der Waals surface area contributed by atoms with Crippen LogP contribution in [0.25, 0.3) is 0 Å². The zero-order chi connectivity index (χ0) is 13.3. The van der Waals surface area contributed by atoms with E-state index < -0.39 is 0 Å². The minimum Gasteiger partial charge on any atom is -0.309 e. The van der Waals surface area contributed by atoms with Crippen molar-refractivity contribution in [1.82, 2.24) is 10.2 Å². The van der Waals surface area contributed by atoms with Crippen molar-refractivity contribution in [1.29, 1.82) is 0 Å². The highest BCUT2D eigenvalue weighted by Crippen LogP contribution is 2.26. The van der Waals surface area contributed by atoms with Gasteiger partial charge in [-0.25, -0.2) is 0 Å². The van der Waals surface area contributed by atoms with Crippen molar-refractivity contribution >= 4 is 27.3 Å². The van der Waals surface area contributed by atoms with Gasteiger partial charge in [-0.15, -0.1) is 11.3 Å². The molecular formula is C14H23BrN2S. The van der Waals surface area contributed by atoms with Gasteiger partial charge in [0.2, 0.25) is 0 Å². The molecule has 0 saturated carbocycles. The van der Waals surface area contributed by atoms with Crippen molar-refractivity contribution in [3.8, 4) is 0 Å². The largest absolute Gasteiger partial charge is 0.309 e. The van der Waals surface area contributed by atoms with E-state index in [2.05, 4.69) is 65.3 Å². The molecule has 0 spiro atoms. The molecule has 1 aliphatic rings. The van der Waals surface area contributed by atoms with Gasteiger partial charge in [0.05, 0.1) is 0 Å². The minimum atomic E-state index is 0.222. The average molecular weight is 331 g/mol. The van der Waals surface area contributed by atoms with Crippen LogP contribution in [0.1, 0.15) is 32.6 Å². The monoisotopic (exact) mass is 330 g/mol. The molecule has 102 valence electrons. The van der Waals surface area contributed by atoms with Gasteiger partial charge in [-0.05, 0) is 41.8 Å². The molecule has 1 N–H and O–H groups in total. The summed E-state index contributed by atoms with van der Waals surface area (Å²) in [6.07, 6.45) is 0. The Morgan fingerprint density at radius 2 is 2.28 bits per heavy atom. The molecule has 1 atom stereocenters. The average Bonchev–Trinajstić information content (AvgIpc) is 2.62. The number of halogens is 1. The van der Waals surface area contributed by atoms with E-state index in [9.17, 15) is 0 Å². The first-order chi connectivity index (χ1) is 8.37. The third-order valence-electron chi connectivity index (χ3n) is 3.61. The van der Waals surface area contributed by atoms with E-state index in [1.165, 1.54) is 9.35 Å². The van der Waals surface area contributed by atoms with Crippen LogP contribution in [0.4, 0.5) is 0 Å². The second-order valence-electron chi connectivity index (χ2n) is 6.21. The lowest BCUT2D eigenvalue weighted by Gasteiger charge is -2.46. The summed E-state index contributed by atoms with van der Waals surface area (Å²) in [4.78, 5) is 4.09. The number of hydrogen-bond acceptors (Lipinski definition) is 3. The molecule has 1 aromatic rings. The molecule has 18 heavy (non-hydrogen) atoms. The van der Waals surface area contributed by atoms with Crippen LogP contribution in [0, 0.1) is 5.92 Å². The number of piperazine rings is 1. The first kappa shape index (κ1) is 14.5. The molecule has 2 rings (SSSR count). The van der Waals surface area contributed by atoms with Crippen molar-refractivity contribution in [3.05, 3.63) is 20.8 Å². The van der Waals surface area contributed by atoms with E-state index in [1.807, 2.05) is 11.3 Å². The Hall–Kier alpha value is 0.1000. The van der Waals surface area contributed by atoms with Gasteiger partial charge < -0.3 is 5.32 Å². The van der Waals surface area contributed by atoms with E-state index >= 15 is 0 Å². The quantitative estimate of drug-likeness (QED) is 0.908. The number of nitrogens with zero attached hydrogens (tertiary/aromatic N) is 1. The zero-order valence-electron chi connectivity index (χ0n) is 11.7. The van der Waals surface area contributed by atoms with Gasteiger partial charge in [0.15, 0.2) is 0 Å². The minimum absolute atomic E-state index is 0.222. The Kier molecular flexibility index (Phi) is 4.52. The highest BCUT2D eigenvalue weighted by atomic mass is 79.9. The molecule has 2 heterocycles. The van der Waals surface area contributed by atoms with Crippen molar-refractivity contribution < 1.29 is 0 Å². The Labute approximate surface area is 123 Å². The van der Waals surface area contributed by atoms with Gasteiger partial charge in [0.25, 0.3) is 0 Å². The predicted octanol–water partition coefficient (Wildman–Crippen LogP) is 3.72. The summed E-state index contributed by atoms with van der Waals surface area (Å²) in [5, 5.41) is 5.84. The Morgan fingerprint density at radius 1 is 1.56 bits per heavy atom. The summed E-state index contributed by atoms with van der Waals surface area (Å²) >= 11 is 5.39. The zero-order valence-corrected chi connectivity index (χ0v) is 14.1. The normalized spacial score (nSPS) is 24.7. The highest BCUT2D eigenvalue weighted by molar-refractivity contribution is 9.10. The topological polar surface area (TPSA) is 15.3 Å². The fourth-order valence-electron chi connectivity index (χ4n) is 2.66. The van der Waals surface area contributed by atoms with Crippen LogP contribution in [0.15, 0.2) is 15.9 Å². The molecule has 0 bridgehead atoms. The highest BCUT2D eigenvalue weighted by Gasteiger charge is 2.33. The lowest BCUT2D eigenvalue weighted by atomic mass is 9.93. The summed E-state index contributed by atoms with van der Waals surface area (Å²) in [5.74, 6) is 0.692. The Morgan fingerprint density at radius 3 is 2.83 bits per heavy atom. The van der Waals surface area contributed by atoms with Crippen molar-refractivity contribution in [2.75, 3.05) is 13.1 Å². The fourth-order valence-corrected chi connectivity index (χ4v) is 4.13. The van der Waals surface area contributed by atoms with Crippen LogP contribution in [0.2, 0.25) is 0 Å². The Bertz CT molecular complexity index is 400. The SMILES string of the molecule is CC(C)C1CNC(C)(C)CN1Cc1cc(Br)cs1. The number of thiophene rings is 1. The summed E-state index contributed by atoms with van der Waals surface area (Å²) in [6, 6.07) is 2.88.